The Bertz CT molecular complexity index is 381. The van der Waals surface area contributed by atoms with Gasteiger partial charge >= 0.3 is 5.97 Å². The second kappa shape index (κ2) is 9.83. The summed E-state index contributed by atoms with van der Waals surface area (Å²) in [6.07, 6.45) is 1.06. The average molecular weight is 295 g/mol. The third-order valence-electron chi connectivity index (χ3n) is 2.84. The van der Waals surface area contributed by atoms with Crippen molar-refractivity contribution >= 4 is 17.7 Å². The minimum atomic E-state index is -0.237. The van der Waals surface area contributed by atoms with Gasteiger partial charge in [-0.15, -0.1) is 11.8 Å². The number of nitrogens with one attached hydrogen (secondary N) is 1. The second-order valence-electron chi connectivity index (χ2n) is 5.07. The summed E-state index contributed by atoms with van der Waals surface area (Å²) < 4.78 is 5.14. The summed E-state index contributed by atoms with van der Waals surface area (Å²) in [5.74, 6) is 1.17. The van der Waals surface area contributed by atoms with Gasteiger partial charge in [-0.3, -0.25) is 4.79 Å². The molecule has 0 spiro atoms. The molecule has 1 unspecified atom stereocenters. The minimum Gasteiger partial charge on any atom is -0.465 e. The molecule has 0 aliphatic carbocycles. The first-order valence-corrected chi connectivity index (χ1v) is 8.20. The number of carbonyl (C=O) groups is 1. The molecule has 0 aliphatic rings. The van der Waals surface area contributed by atoms with E-state index in [4.69, 9.17) is 4.74 Å². The van der Waals surface area contributed by atoms with E-state index in [1.54, 1.807) is 11.8 Å². The summed E-state index contributed by atoms with van der Waals surface area (Å²) in [4.78, 5) is 13.1. The van der Waals surface area contributed by atoms with Gasteiger partial charge in [0, 0.05) is 10.6 Å². The Labute approximate surface area is 126 Å². The Morgan fingerprint density at radius 1 is 1.30 bits per heavy atom. The fourth-order valence-electron chi connectivity index (χ4n) is 1.70. The number of ether oxygens (including phenoxy) is 1. The number of benzene rings is 1. The Kier molecular flexibility index (Phi) is 8.38. The van der Waals surface area contributed by atoms with E-state index >= 15 is 0 Å². The van der Waals surface area contributed by atoms with E-state index in [0.29, 0.717) is 18.3 Å². The molecule has 0 bridgehead atoms. The fraction of sp³-hybridized carbons (Fsp3) is 0.562. The molecule has 1 aromatic carbocycles. The van der Waals surface area contributed by atoms with Gasteiger partial charge in [0.25, 0.3) is 0 Å². The number of thioether (sulfide) groups is 1. The number of carbonyl (C=O) groups excluding carboxylic acids is 1. The van der Waals surface area contributed by atoms with Crippen LogP contribution < -0.4 is 5.32 Å². The molecule has 0 fully saturated rings. The van der Waals surface area contributed by atoms with E-state index in [1.165, 1.54) is 4.90 Å². The predicted molar refractivity (Wildman–Crippen MR) is 85.0 cm³/mol. The fourth-order valence-corrected chi connectivity index (χ4v) is 2.66. The zero-order chi connectivity index (χ0) is 14.8. The van der Waals surface area contributed by atoms with Crippen LogP contribution in [0.15, 0.2) is 35.2 Å². The summed E-state index contributed by atoms with van der Waals surface area (Å²) in [6, 6.07) is 9.89. The summed E-state index contributed by atoms with van der Waals surface area (Å²) >= 11 is 1.68. The van der Waals surface area contributed by atoms with E-state index in [1.807, 2.05) is 25.1 Å². The highest BCUT2D eigenvalue weighted by Crippen LogP contribution is 2.18. The maximum Gasteiger partial charge on any atom is 0.323 e. The van der Waals surface area contributed by atoms with Gasteiger partial charge in [-0.1, -0.05) is 32.0 Å². The van der Waals surface area contributed by atoms with Crippen LogP contribution in [-0.4, -0.2) is 30.9 Å². The lowest BCUT2D eigenvalue weighted by molar-refractivity contribution is -0.145. The van der Waals surface area contributed by atoms with Crippen LogP contribution in [0.4, 0.5) is 0 Å². The quantitative estimate of drug-likeness (QED) is 0.560. The first-order valence-electron chi connectivity index (χ1n) is 7.21. The molecule has 0 heterocycles. The molecule has 0 aromatic heterocycles. The normalized spacial score (nSPS) is 12.4. The molecule has 1 N–H and O–H groups in total. The van der Waals surface area contributed by atoms with Crippen molar-refractivity contribution in [3.8, 4) is 0 Å². The van der Waals surface area contributed by atoms with Gasteiger partial charge in [-0.2, -0.15) is 0 Å². The maximum atomic E-state index is 11.9. The Hall–Kier alpha value is -1.00. The molecule has 0 aliphatic heterocycles. The van der Waals surface area contributed by atoms with Crippen LogP contribution in [0.5, 0.6) is 0 Å². The van der Waals surface area contributed by atoms with Crippen molar-refractivity contribution in [1.29, 1.82) is 0 Å². The van der Waals surface area contributed by atoms with Crippen LogP contribution in [0.2, 0.25) is 0 Å². The molecule has 112 valence electrons. The van der Waals surface area contributed by atoms with Gasteiger partial charge in [0.2, 0.25) is 0 Å². The van der Waals surface area contributed by atoms with E-state index in [-0.39, 0.29) is 12.0 Å². The monoisotopic (exact) mass is 295 g/mol. The van der Waals surface area contributed by atoms with Crippen molar-refractivity contribution in [2.45, 2.75) is 38.1 Å². The molecular weight excluding hydrogens is 270 g/mol. The molecule has 4 heteroatoms. The van der Waals surface area contributed by atoms with Crippen LogP contribution in [0, 0.1) is 5.92 Å². The van der Waals surface area contributed by atoms with Gasteiger partial charge in [0.1, 0.15) is 6.04 Å². The number of hydrogen-bond donors (Lipinski definition) is 1. The number of hydrogen-bond acceptors (Lipinski definition) is 4. The molecule has 0 radical (unpaired) electrons. The Morgan fingerprint density at radius 2 is 2.00 bits per heavy atom. The highest BCUT2D eigenvalue weighted by Gasteiger charge is 2.19. The second-order valence-corrected chi connectivity index (χ2v) is 6.16. The zero-order valence-corrected chi connectivity index (χ0v) is 13.4. The number of rotatable bonds is 9. The highest BCUT2D eigenvalue weighted by atomic mass is 32.2. The molecule has 20 heavy (non-hydrogen) atoms. The van der Waals surface area contributed by atoms with Crippen LogP contribution >= 0.6 is 11.8 Å². The molecule has 1 aromatic rings. The molecular formula is C16H25NO2S. The summed E-state index contributed by atoms with van der Waals surface area (Å²) in [5.41, 5.74) is 0. The zero-order valence-electron chi connectivity index (χ0n) is 12.6. The van der Waals surface area contributed by atoms with Gasteiger partial charge in [0.05, 0.1) is 6.61 Å². The van der Waals surface area contributed by atoms with Crippen molar-refractivity contribution in [3.05, 3.63) is 30.3 Å². The molecule has 1 rings (SSSR count). The largest absolute Gasteiger partial charge is 0.465 e. The van der Waals surface area contributed by atoms with Crippen molar-refractivity contribution in [2.75, 3.05) is 18.9 Å². The SMILES string of the molecule is CCOC(=O)C(CSc1ccccc1)NCCC(C)C. The summed E-state index contributed by atoms with van der Waals surface area (Å²) in [7, 11) is 0. The smallest absolute Gasteiger partial charge is 0.323 e. The van der Waals surface area contributed by atoms with E-state index in [0.717, 1.165) is 13.0 Å². The lowest BCUT2D eigenvalue weighted by atomic mass is 10.1. The van der Waals surface area contributed by atoms with E-state index < -0.39 is 0 Å². The summed E-state index contributed by atoms with van der Waals surface area (Å²) in [5, 5.41) is 3.31. The van der Waals surface area contributed by atoms with Crippen molar-refractivity contribution in [2.24, 2.45) is 5.92 Å². The first-order chi connectivity index (χ1) is 9.63. The minimum absolute atomic E-state index is 0.153. The third-order valence-corrected chi connectivity index (χ3v) is 3.95. The Balaban J connectivity index is 2.46. The molecule has 3 nitrogen and oxygen atoms in total. The van der Waals surface area contributed by atoms with Gasteiger partial charge in [0.15, 0.2) is 0 Å². The lowest BCUT2D eigenvalue weighted by Gasteiger charge is -2.17. The van der Waals surface area contributed by atoms with Gasteiger partial charge in [-0.05, 0) is 37.9 Å². The molecule has 1 atom stereocenters. The Morgan fingerprint density at radius 3 is 2.60 bits per heavy atom. The van der Waals surface area contributed by atoms with Crippen molar-refractivity contribution in [3.63, 3.8) is 0 Å². The van der Waals surface area contributed by atoms with Crippen LogP contribution in [0.25, 0.3) is 0 Å². The van der Waals surface area contributed by atoms with Crippen molar-refractivity contribution in [1.82, 2.24) is 5.32 Å². The molecule has 0 saturated heterocycles. The summed E-state index contributed by atoms with van der Waals surface area (Å²) in [6.45, 7) is 7.47. The predicted octanol–water partition coefficient (Wildman–Crippen LogP) is 3.35. The van der Waals surface area contributed by atoms with Crippen LogP contribution in [0.3, 0.4) is 0 Å². The third kappa shape index (κ3) is 6.96. The average Bonchev–Trinajstić information content (AvgIpc) is 2.43. The van der Waals surface area contributed by atoms with Crippen molar-refractivity contribution < 1.29 is 9.53 Å². The van der Waals surface area contributed by atoms with Crippen LogP contribution in [0.1, 0.15) is 27.2 Å². The van der Waals surface area contributed by atoms with Gasteiger partial charge in [-0.25, -0.2) is 0 Å². The number of esters is 1. The van der Waals surface area contributed by atoms with E-state index in [2.05, 4.69) is 31.3 Å². The molecule has 0 amide bonds. The van der Waals surface area contributed by atoms with Gasteiger partial charge < -0.3 is 10.1 Å². The first kappa shape index (κ1) is 17.1. The standard InChI is InChI=1S/C16H25NO2S/c1-4-19-16(18)15(17-11-10-13(2)3)12-20-14-8-6-5-7-9-14/h5-9,13,15,17H,4,10-12H2,1-3H3. The molecule has 0 saturated carbocycles. The van der Waals surface area contributed by atoms with Crippen LogP contribution in [-0.2, 0) is 9.53 Å². The van der Waals surface area contributed by atoms with E-state index in [9.17, 15) is 4.79 Å². The highest BCUT2D eigenvalue weighted by molar-refractivity contribution is 7.99. The lowest BCUT2D eigenvalue weighted by Crippen LogP contribution is -2.41. The topological polar surface area (TPSA) is 38.3 Å². The maximum absolute atomic E-state index is 11.9.